The van der Waals surface area contributed by atoms with E-state index in [1.165, 1.54) is 33.2 Å². The molecule has 0 fully saturated rings. The minimum absolute atomic E-state index is 1.01. The van der Waals surface area contributed by atoms with Gasteiger partial charge in [-0.25, -0.2) is 0 Å². The van der Waals surface area contributed by atoms with Crippen LogP contribution in [0, 0.1) is 6.92 Å². The highest BCUT2D eigenvalue weighted by atomic mass is 14.7. The fourth-order valence-corrected chi connectivity index (χ4v) is 2.90. The summed E-state index contributed by atoms with van der Waals surface area (Å²) in [5.41, 5.74) is 7.80. The van der Waals surface area contributed by atoms with Crippen molar-refractivity contribution >= 4 is 10.9 Å². The van der Waals surface area contributed by atoms with Crippen molar-refractivity contribution in [1.29, 1.82) is 0 Å². The molecule has 0 atom stereocenters. The zero-order chi connectivity index (χ0) is 12.1. The van der Waals surface area contributed by atoms with Crippen LogP contribution in [0.3, 0.4) is 0 Å². The number of fused-ring (bicyclic) bond motifs is 5. The Kier molecular flexibility index (Phi) is 1.87. The largest absolute Gasteiger partial charge is 0.253 e. The molecule has 0 aliphatic heterocycles. The molecule has 86 valence electrons. The van der Waals surface area contributed by atoms with Crippen LogP contribution in [0.2, 0.25) is 0 Å². The molecule has 1 aliphatic rings. The second-order valence-corrected chi connectivity index (χ2v) is 4.95. The summed E-state index contributed by atoms with van der Waals surface area (Å²) in [5.74, 6) is 0. The van der Waals surface area contributed by atoms with Crippen LogP contribution in [-0.4, -0.2) is 4.98 Å². The molecule has 1 aliphatic carbocycles. The van der Waals surface area contributed by atoms with Crippen molar-refractivity contribution in [2.75, 3.05) is 0 Å². The van der Waals surface area contributed by atoms with Crippen LogP contribution >= 0.6 is 0 Å². The number of pyridine rings is 1. The van der Waals surface area contributed by atoms with Crippen molar-refractivity contribution in [1.82, 2.24) is 4.98 Å². The average Bonchev–Trinajstić information content (AvgIpc) is 2.78. The van der Waals surface area contributed by atoms with E-state index in [1.807, 2.05) is 0 Å². The molecule has 0 spiro atoms. The summed E-state index contributed by atoms with van der Waals surface area (Å²) < 4.78 is 0. The molecule has 4 rings (SSSR count). The molecule has 1 heterocycles. The van der Waals surface area contributed by atoms with Crippen molar-refractivity contribution in [3.05, 3.63) is 65.4 Å². The van der Waals surface area contributed by atoms with Gasteiger partial charge in [-0.1, -0.05) is 42.5 Å². The molecule has 1 aromatic heterocycles. The number of nitrogens with zero attached hydrogens (tertiary/aromatic N) is 1. The van der Waals surface area contributed by atoms with E-state index < -0.39 is 0 Å². The van der Waals surface area contributed by atoms with Gasteiger partial charge in [0.25, 0.3) is 0 Å². The van der Waals surface area contributed by atoms with Gasteiger partial charge in [-0.2, -0.15) is 0 Å². The van der Waals surface area contributed by atoms with Crippen molar-refractivity contribution < 1.29 is 0 Å². The van der Waals surface area contributed by atoms with Gasteiger partial charge in [0.15, 0.2) is 0 Å². The zero-order valence-corrected chi connectivity index (χ0v) is 10.3. The van der Waals surface area contributed by atoms with Gasteiger partial charge in [0.05, 0.1) is 5.52 Å². The van der Waals surface area contributed by atoms with Crippen molar-refractivity contribution in [2.24, 2.45) is 0 Å². The Labute approximate surface area is 106 Å². The molecule has 1 heteroatoms. The highest BCUT2D eigenvalue weighted by Crippen LogP contribution is 2.39. The molecule has 3 aromatic rings. The molecule has 0 amide bonds. The highest BCUT2D eigenvalue weighted by molar-refractivity contribution is 5.92. The lowest BCUT2D eigenvalue weighted by atomic mass is 10.0. The predicted molar refractivity (Wildman–Crippen MR) is 74.7 cm³/mol. The lowest BCUT2D eigenvalue weighted by molar-refractivity contribution is 1.21. The maximum atomic E-state index is 4.73. The van der Waals surface area contributed by atoms with Crippen molar-refractivity contribution in [3.63, 3.8) is 0 Å². The van der Waals surface area contributed by atoms with Gasteiger partial charge < -0.3 is 0 Å². The van der Waals surface area contributed by atoms with Gasteiger partial charge in [0.1, 0.15) is 0 Å². The number of benzene rings is 2. The molecule has 0 N–H and O–H groups in total. The number of rotatable bonds is 0. The molecule has 0 radical (unpaired) electrons. The normalized spacial score (nSPS) is 12.5. The first-order valence-corrected chi connectivity index (χ1v) is 6.30. The van der Waals surface area contributed by atoms with Crippen LogP contribution in [0.5, 0.6) is 0 Å². The Morgan fingerprint density at radius 2 is 1.72 bits per heavy atom. The lowest BCUT2D eigenvalue weighted by Gasteiger charge is -2.05. The summed E-state index contributed by atoms with van der Waals surface area (Å²) >= 11 is 0. The maximum Gasteiger partial charge on any atom is 0.0746 e. The average molecular weight is 231 g/mol. The molecule has 1 nitrogen and oxygen atoms in total. The van der Waals surface area contributed by atoms with Crippen LogP contribution in [-0.2, 0) is 6.42 Å². The number of hydrogen-bond donors (Lipinski definition) is 0. The third-order valence-electron chi connectivity index (χ3n) is 3.78. The fraction of sp³-hybridized carbons (Fsp3) is 0.118. The molecule has 0 unspecified atom stereocenters. The van der Waals surface area contributed by atoms with E-state index in [4.69, 9.17) is 4.98 Å². The summed E-state index contributed by atoms with van der Waals surface area (Å²) in [4.78, 5) is 4.73. The SMILES string of the molecule is Cc1ccc2ccc3c(c2n1)Cc1ccccc1-3. The Morgan fingerprint density at radius 1 is 0.889 bits per heavy atom. The summed E-state index contributed by atoms with van der Waals surface area (Å²) in [7, 11) is 0. The number of hydrogen-bond acceptors (Lipinski definition) is 1. The van der Waals surface area contributed by atoms with E-state index in [-0.39, 0.29) is 0 Å². The first kappa shape index (κ1) is 9.84. The van der Waals surface area contributed by atoms with E-state index in [0.717, 1.165) is 12.1 Å². The summed E-state index contributed by atoms with van der Waals surface area (Å²) in [5, 5.41) is 1.24. The third kappa shape index (κ3) is 1.25. The second kappa shape index (κ2) is 3.42. The maximum absolute atomic E-state index is 4.73. The minimum Gasteiger partial charge on any atom is -0.253 e. The van der Waals surface area contributed by atoms with E-state index in [1.54, 1.807) is 0 Å². The summed E-state index contributed by atoms with van der Waals surface area (Å²) in [6, 6.07) is 17.3. The Morgan fingerprint density at radius 3 is 2.67 bits per heavy atom. The standard InChI is InChI=1S/C17H13N/c1-11-6-7-12-8-9-15-14-5-3-2-4-13(14)10-16(15)17(12)18-11/h2-9H,10H2,1H3. The van der Waals surface area contributed by atoms with Gasteiger partial charge in [-0.15, -0.1) is 0 Å². The van der Waals surface area contributed by atoms with Crippen molar-refractivity contribution in [3.8, 4) is 11.1 Å². The first-order chi connectivity index (χ1) is 8.83. The Balaban J connectivity index is 2.09. The van der Waals surface area contributed by atoms with Crippen LogP contribution in [0.25, 0.3) is 22.0 Å². The molecule has 0 saturated heterocycles. The Bertz CT molecular complexity index is 772. The molecule has 2 aromatic carbocycles. The van der Waals surface area contributed by atoms with Gasteiger partial charge >= 0.3 is 0 Å². The van der Waals surface area contributed by atoms with Crippen LogP contribution < -0.4 is 0 Å². The van der Waals surface area contributed by atoms with E-state index >= 15 is 0 Å². The number of aromatic nitrogens is 1. The van der Waals surface area contributed by atoms with Gasteiger partial charge in [0.2, 0.25) is 0 Å². The highest BCUT2D eigenvalue weighted by Gasteiger charge is 2.20. The molecule has 18 heavy (non-hydrogen) atoms. The van der Waals surface area contributed by atoms with Crippen LogP contribution in [0.1, 0.15) is 16.8 Å². The molecular formula is C17H13N. The van der Waals surface area contributed by atoms with E-state index in [2.05, 4.69) is 55.5 Å². The van der Waals surface area contributed by atoms with Gasteiger partial charge in [-0.05, 0) is 35.2 Å². The molecule has 0 bridgehead atoms. The smallest absolute Gasteiger partial charge is 0.0746 e. The molecular weight excluding hydrogens is 218 g/mol. The lowest BCUT2D eigenvalue weighted by Crippen LogP contribution is -1.89. The topological polar surface area (TPSA) is 12.9 Å². The quantitative estimate of drug-likeness (QED) is 0.443. The van der Waals surface area contributed by atoms with Gasteiger partial charge in [-0.3, -0.25) is 4.98 Å². The first-order valence-electron chi connectivity index (χ1n) is 6.30. The number of aryl methyl sites for hydroxylation is 1. The third-order valence-corrected chi connectivity index (χ3v) is 3.78. The van der Waals surface area contributed by atoms with E-state index in [9.17, 15) is 0 Å². The fourth-order valence-electron chi connectivity index (χ4n) is 2.90. The summed E-state index contributed by atoms with van der Waals surface area (Å²) in [6.07, 6.45) is 1.01. The zero-order valence-electron chi connectivity index (χ0n) is 10.3. The Hall–Kier alpha value is -2.15. The van der Waals surface area contributed by atoms with Gasteiger partial charge in [0, 0.05) is 17.5 Å². The van der Waals surface area contributed by atoms with Crippen LogP contribution in [0.15, 0.2) is 48.5 Å². The molecule has 0 saturated carbocycles. The second-order valence-electron chi connectivity index (χ2n) is 4.95. The van der Waals surface area contributed by atoms with Crippen LogP contribution in [0.4, 0.5) is 0 Å². The monoisotopic (exact) mass is 231 g/mol. The summed E-state index contributed by atoms with van der Waals surface area (Å²) in [6.45, 7) is 2.06. The van der Waals surface area contributed by atoms with Crippen molar-refractivity contribution in [2.45, 2.75) is 13.3 Å². The predicted octanol–water partition coefficient (Wildman–Crippen LogP) is 4.11. The minimum atomic E-state index is 1.01. The van der Waals surface area contributed by atoms with E-state index in [0.29, 0.717) is 0 Å².